The molecule has 1 atom stereocenters. The zero-order valence-corrected chi connectivity index (χ0v) is 12.1. The van der Waals surface area contributed by atoms with Gasteiger partial charge in [0.1, 0.15) is 12.1 Å². The summed E-state index contributed by atoms with van der Waals surface area (Å²) in [5.41, 5.74) is 6.98. The summed E-state index contributed by atoms with van der Waals surface area (Å²) in [6, 6.07) is 3.93. The lowest BCUT2D eigenvalue weighted by atomic mass is 9.93. The largest absolute Gasteiger partial charge is 0.330 e. The van der Waals surface area contributed by atoms with Gasteiger partial charge in [0, 0.05) is 35.0 Å². The highest BCUT2D eigenvalue weighted by atomic mass is 79.9. The van der Waals surface area contributed by atoms with Crippen molar-refractivity contribution in [2.45, 2.75) is 19.8 Å². The number of halogens is 1. The van der Waals surface area contributed by atoms with Crippen LogP contribution in [0.5, 0.6) is 0 Å². The highest BCUT2D eigenvalue weighted by Crippen LogP contribution is 2.25. The molecule has 0 aliphatic carbocycles. The second-order valence-electron chi connectivity index (χ2n) is 4.61. The second-order valence-corrected chi connectivity index (χ2v) is 5.53. The lowest BCUT2D eigenvalue weighted by molar-refractivity contribution is 0.489. The average Bonchev–Trinajstić information content (AvgIpc) is 2.79. The summed E-state index contributed by atoms with van der Waals surface area (Å²) in [5.74, 6) is 1.63. The van der Waals surface area contributed by atoms with Crippen molar-refractivity contribution in [1.82, 2.24) is 14.5 Å². The van der Waals surface area contributed by atoms with Gasteiger partial charge in [0.15, 0.2) is 0 Å². The number of nitrogens with two attached hydrogens (primary N) is 1. The van der Waals surface area contributed by atoms with E-state index in [2.05, 4.69) is 39.7 Å². The molecule has 0 spiro atoms. The topological polar surface area (TPSA) is 56.7 Å². The Morgan fingerprint density at radius 2 is 2.11 bits per heavy atom. The van der Waals surface area contributed by atoms with Gasteiger partial charge in [-0.25, -0.2) is 9.97 Å². The van der Waals surface area contributed by atoms with Crippen LogP contribution in [0, 0.1) is 5.92 Å². The number of pyridine rings is 1. The SMILES string of the molecule is CC(C)C(CN)c1cncn1-c1ccc(Br)cn1. The van der Waals surface area contributed by atoms with E-state index in [1.807, 2.05) is 22.9 Å². The van der Waals surface area contributed by atoms with E-state index >= 15 is 0 Å². The van der Waals surface area contributed by atoms with Crippen LogP contribution in [-0.4, -0.2) is 21.1 Å². The summed E-state index contributed by atoms with van der Waals surface area (Å²) < 4.78 is 2.97. The van der Waals surface area contributed by atoms with Crippen LogP contribution in [0.2, 0.25) is 0 Å². The smallest absolute Gasteiger partial charge is 0.138 e. The van der Waals surface area contributed by atoms with Crippen molar-refractivity contribution < 1.29 is 0 Å². The van der Waals surface area contributed by atoms with E-state index in [1.54, 1.807) is 12.5 Å². The minimum Gasteiger partial charge on any atom is -0.330 e. The van der Waals surface area contributed by atoms with Crippen molar-refractivity contribution in [3.05, 3.63) is 41.0 Å². The molecule has 4 nitrogen and oxygen atoms in total. The fraction of sp³-hybridized carbons (Fsp3) is 0.385. The minimum absolute atomic E-state index is 0.290. The van der Waals surface area contributed by atoms with Gasteiger partial charge in [0.05, 0.1) is 0 Å². The fourth-order valence-corrected chi connectivity index (χ4v) is 2.25. The molecule has 5 heteroatoms. The third-order valence-corrected chi connectivity index (χ3v) is 3.53. The van der Waals surface area contributed by atoms with Crippen molar-refractivity contribution in [1.29, 1.82) is 0 Å². The van der Waals surface area contributed by atoms with E-state index in [0.29, 0.717) is 12.5 Å². The van der Waals surface area contributed by atoms with Gasteiger partial charge in [-0.15, -0.1) is 0 Å². The molecular weight excluding hydrogens is 292 g/mol. The molecule has 0 bridgehead atoms. The third-order valence-electron chi connectivity index (χ3n) is 3.06. The van der Waals surface area contributed by atoms with Crippen LogP contribution < -0.4 is 5.73 Å². The molecule has 96 valence electrons. The Morgan fingerprint density at radius 3 is 2.67 bits per heavy atom. The highest BCUT2D eigenvalue weighted by Gasteiger charge is 2.19. The normalized spacial score (nSPS) is 12.9. The fourth-order valence-electron chi connectivity index (χ4n) is 2.02. The molecule has 0 aliphatic heterocycles. The molecule has 2 aromatic rings. The lowest BCUT2D eigenvalue weighted by Gasteiger charge is -2.20. The first-order valence-corrected chi connectivity index (χ1v) is 6.77. The third kappa shape index (κ3) is 2.62. The van der Waals surface area contributed by atoms with Crippen molar-refractivity contribution in [2.75, 3.05) is 6.54 Å². The van der Waals surface area contributed by atoms with E-state index in [1.165, 1.54) is 0 Å². The Labute approximate surface area is 115 Å². The molecular formula is C13H17BrN4. The highest BCUT2D eigenvalue weighted by molar-refractivity contribution is 9.10. The molecule has 2 aromatic heterocycles. The van der Waals surface area contributed by atoms with Crippen LogP contribution in [0.4, 0.5) is 0 Å². The average molecular weight is 309 g/mol. The molecule has 0 radical (unpaired) electrons. The van der Waals surface area contributed by atoms with Gasteiger partial charge in [-0.2, -0.15) is 0 Å². The summed E-state index contributed by atoms with van der Waals surface area (Å²) in [6.07, 6.45) is 5.45. The molecule has 1 unspecified atom stereocenters. The Morgan fingerprint density at radius 1 is 1.33 bits per heavy atom. The molecule has 2 rings (SSSR count). The Bertz CT molecular complexity index is 504. The van der Waals surface area contributed by atoms with Gasteiger partial charge in [0.25, 0.3) is 0 Å². The van der Waals surface area contributed by atoms with Crippen LogP contribution in [0.3, 0.4) is 0 Å². The number of imidazole rings is 1. The molecule has 2 heterocycles. The number of hydrogen-bond donors (Lipinski definition) is 1. The molecule has 2 N–H and O–H groups in total. The van der Waals surface area contributed by atoms with E-state index < -0.39 is 0 Å². The molecule has 0 saturated carbocycles. The van der Waals surface area contributed by atoms with E-state index in [0.717, 1.165) is 16.0 Å². The van der Waals surface area contributed by atoms with Crippen molar-refractivity contribution in [3.63, 3.8) is 0 Å². The lowest BCUT2D eigenvalue weighted by Crippen LogP contribution is -2.20. The maximum atomic E-state index is 5.87. The van der Waals surface area contributed by atoms with Crippen LogP contribution >= 0.6 is 15.9 Å². The zero-order chi connectivity index (χ0) is 13.1. The number of aromatic nitrogens is 3. The Balaban J connectivity index is 2.41. The Kier molecular flexibility index (Phi) is 4.14. The maximum Gasteiger partial charge on any atom is 0.138 e. The summed E-state index contributed by atoms with van der Waals surface area (Å²) in [4.78, 5) is 8.62. The summed E-state index contributed by atoms with van der Waals surface area (Å²) in [6.45, 7) is 4.95. The Hall–Kier alpha value is -1.20. The number of rotatable bonds is 4. The van der Waals surface area contributed by atoms with E-state index in [4.69, 9.17) is 5.73 Å². The van der Waals surface area contributed by atoms with Crippen molar-refractivity contribution >= 4 is 15.9 Å². The predicted octanol–water partition coefficient (Wildman–Crippen LogP) is 2.73. The van der Waals surface area contributed by atoms with Gasteiger partial charge in [-0.3, -0.25) is 4.57 Å². The van der Waals surface area contributed by atoms with E-state index in [9.17, 15) is 0 Å². The summed E-state index contributed by atoms with van der Waals surface area (Å²) >= 11 is 3.39. The van der Waals surface area contributed by atoms with Crippen LogP contribution in [0.15, 0.2) is 35.3 Å². The van der Waals surface area contributed by atoms with Gasteiger partial charge in [0.2, 0.25) is 0 Å². The molecule has 0 fully saturated rings. The minimum atomic E-state index is 0.290. The second kappa shape index (κ2) is 5.63. The quantitative estimate of drug-likeness (QED) is 0.945. The first kappa shape index (κ1) is 13.2. The first-order chi connectivity index (χ1) is 8.63. The molecule has 0 aromatic carbocycles. The molecule has 0 aliphatic rings. The molecule has 0 amide bonds. The van der Waals surface area contributed by atoms with Crippen LogP contribution in [-0.2, 0) is 0 Å². The van der Waals surface area contributed by atoms with Gasteiger partial charge < -0.3 is 5.73 Å². The van der Waals surface area contributed by atoms with E-state index in [-0.39, 0.29) is 5.92 Å². The molecule has 18 heavy (non-hydrogen) atoms. The monoisotopic (exact) mass is 308 g/mol. The van der Waals surface area contributed by atoms with Crippen LogP contribution in [0.25, 0.3) is 5.82 Å². The molecule has 0 saturated heterocycles. The zero-order valence-electron chi connectivity index (χ0n) is 10.5. The van der Waals surface area contributed by atoms with Gasteiger partial charge >= 0.3 is 0 Å². The van der Waals surface area contributed by atoms with Gasteiger partial charge in [-0.1, -0.05) is 13.8 Å². The maximum absolute atomic E-state index is 5.87. The van der Waals surface area contributed by atoms with Crippen molar-refractivity contribution in [2.24, 2.45) is 11.7 Å². The van der Waals surface area contributed by atoms with Gasteiger partial charge in [-0.05, 0) is 34.0 Å². The first-order valence-electron chi connectivity index (χ1n) is 5.97. The predicted molar refractivity (Wildman–Crippen MR) is 75.7 cm³/mol. The standard InChI is InChI=1S/C13H17BrN4/c1-9(2)11(5-15)12-7-16-8-18(12)13-4-3-10(14)6-17-13/h3-4,6-9,11H,5,15H2,1-2H3. The summed E-state index contributed by atoms with van der Waals surface area (Å²) in [7, 11) is 0. The number of nitrogens with zero attached hydrogens (tertiary/aromatic N) is 3. The summed E-state index contributed by atoms with van der Waals surface area (Å²) in [5, 5.41) is 0. The van der Waals surface area contributed by atoms with Crippen LogP contribution in [0.1, 0.15) is 25.5 Å². The number of hydrogen-bond acceptors (Lipinski definition) is 3. The van der Waals surface area contributed by atoms with Crippen molar-refractivity contribution in [3.8, 4) is 5.82 Å².